The lowest BCUT2D eigenvalue weighted by atomic mass is 9.83. The Morgan fingerprint density at radius 2 is 2.00 bits per heavy atom. The number of hydrogen-bond acceptors (Lipinski definition) is 2. The molecule has 0 saturated heterocycles. The second kappa shape index (κ2) is 4.39. The molecule has 2 unspecified atom stereocenters. The van der Waals surface area contributed by atoms with Crippen LogP contribution in [0.3, 0.4) is 0 Å². The third kappa shape index (κ3) is 2.14. The second-order valence-corrected chi connectivity index (χ2v) is 3.80. The summed E-state index contributed by atoms with van der Waals surface area (Å²) in [7, 11) is 0. The molecule has 0 bridgehead atoms. The molecule has 2 atom stereocenters. The highest BCUT2D eigenvalue weighted by Gasteiger charge is 2.29. The van der Waals surface area contributed by atoms with Gasteiger partial charge >= 0.3 is 0 Å². The van der Waals surface area contributed by atoms with Crippen LogP contribution < -0.4 is 0 Å². The van der Waals surface area contributed by atoms with Gasteiger partial charge in [-0.25, -0.2) is 0 Å². The molecule has 2 rings (SSSR count). The van der Waals surface area contributed by atoms with Crippen LogP contribution in [0.4, 0.5) is 0 Å². The molecule has 0 amide bonds. The van der Waals surface area contributed by atoms with Crippen LogP contribution in [0, 0.1) is 5.92 Å². The van der Waals surface area contributed by atoms with Gasteiger partial charge in [-0.1, -0.05) is 36.8 Å². The van der Waals surface area contributed by atoms with Gasteiger partial charge in [0, 0.05) is 13.4 Å². The Morgan fingerprint density at radius 3 is 2.67 bits per heavy atom. The minimum atomic E-state index is -0.740. The fourth-order valence-corrected chi connectivity index (χ4v) is 1.88. The fourth-order valence-electron chi connectivity index (χ4n) is 1.88. The molecular formula is C13H14O2. The fraction of sp³-hybridized carbons (Fsp3) is 0.385. The Hall–Kier alpha value is -1.44. The zero-order chi connectivity index (χ0) is 11.5. The molecule has 0 heterocycles. The zero-order valence-corrected chi connectivity index (χ0v) is 8.48. The quantitative estimate of drug-likeness (QED) is 0.547. The SMILES string of the molecule is [2H]C1CCCC(=O)C1C(=O)c1ccccc1. The van der Waals surface area contributed by atoms with E-state index in [1.54, 1.807) is 24.3 Å². The molecule has 1 aliphatic rings. The lowest BCUT2D eigenvalue weighted by Crippen LogP contribution is -2.27. The van der Waals surface area contributed by atoms with Gasteiger partial charge in [0.1, 0.15) is 5.78 Å². The summed E-state index contributed by atoms with van der Waals surface area (Å²) in [6, 6.07) is 8.80. The first-order valence-electron chi connectivity index (χ1n) is 5.82. The van der Waals surface area contributed by atoms with Gasteiger partial charge in [0.15, 0.2) is 5.78 Å². The number of carbonyl (C=O) groups is 2. The molecular weight excluding hydrogens is 188 g/mol. The molecule has 0 radical (unpaired) electrons. The van der Waals surface area contributed by atoms with Gasteiger partial charge in [0.25, 0.3) is 0 Å². The zero-order valence-electron chi connectivity index (χ0n) is 9.48. The van der Waals surface area contributed by atoms with E-state index in [9.17, 15) is 9.59 Å². The Labute approximate surface area is 90.7 Å². The first-order chi connectivity index (χ1) is 7.70. The summed E-state index contributed by atoms with van der Waals surface area (Å²) in [5.74, 6) is -0.999. The molecule has 15 heavy (non-hydrogen) atoms. The van der Waals surface area contributed by atoms with Crippen molar-refractivity contribution >= 4 is 11.6 Å². The Kier molecular flexibility index (Phi) is 2.58. The van der Waals surface area contributed by atoms with Gasteiger partial charge in [0.05, 0.1) is 5.92 Å². The molecule has 1 fully saturated rings. The number of ketones is 2. The summed E-state index contributed by atoms with van der Waals surface area (Å²) in [5.41, 5.74) is 0.542. The second-order valence-electron chi connectivity index (χ2n) is 3.80. The third-order valence-corrected chi connectivity index (χ3v) is 2.72. The minimum Gasteiger partial charge on any atom is -0.299 e. The van der Waals surface area contributed by atoms with Crippen molar-refractivity contribution in [3.8, 4) is 0 Å². The number of Topliss-reactive ketones (excluding diaryl/α,β-unsaturated/α-hetero) is 2. The lowest BCUT2D eigenvalue weighted by Gasteiger charge is -2.18. The third-order valence-electron chi connectivity index (χ3n) is 2.72. The van der Waals surface area contributed by atoms with Crippen molar-refractivity contribution < 1.29 is 11.0 Å². The van der Waals surface area contributed by atoms with Crippen LogP contribution in [-0.2, 0) is 4.79 Å². The van der Waals surface area contributed by atoms with Crippen molar-refractivity contribution in [2.45, 2.75) is 25.7 Å². The molecule has 78 valence electrons. The molecule has 0 aliphatic heterocycles. The maximum absolute atomic E-state index is 12.1. The Bertz CT molecular complexity index is 400. The normalized spacial score (nSPS) is 27.2. The predicted octanol–water partition coefficient (Wildman–Crippen LogP) is 2.63. The monoisotopic (exact) mass is 203 g/mol. The summed E-state index contributed by atoms with van der Waals surface area (Å²) >= 11 is 0. The van der Waals surface area contributed by atoms with E-state index in [0.717, 1.165) is 6.42 Å². The van der Waals surface area contributed by atoms with Gasteiger partial charge in [-0.3, -0.25) is 9.59 Å². The summed E-state index contributed by atoms with van der Waals surface area (Å²) in [6.07, 6.45) is 1.27. The summed E-state index contributed by atoms with van der Waals surface area (Å²) in [5, 5.41) is 0. The summed E-state index contributed by atoms with van der Waals surface area (Å²) in [6.45, 7) is 0. The minimum absolute atomic E-state index is 0.0693. The molecule has 1 aromatic carbocycles. The van der Waals surface area contributed by atoms with E-state index >= 15 is 0 Å². The van der Waals surface area contributed by atoms with Crippen molar-refractivity contribution in [2.24, 2.45) is 5.92 Å². The van der Waals surface area contributed by atoms with Crippen LogP contribution >= 0.6 is 0 Å². The van der Waals surface area contributed by atoms with Crippen LogP contribution in [0.1, 0.15) is 37.4 Å². The average molecular weight is 203 g/mol. The number of carbonyl (C=O) groups excluding carboxylic acids is 2. The Balaban J connectivity index is 2.23. The maximum atomic E-state index is 12.1. The van der Waals surface area contributed by atoms with E-state index < -0.39 is 12.3 Å². The van der Waals surface area contributed by atoms with E-state index in [0.29, 0.717) is 18.4 Å². The van der Waals surface area contributed by atoms with Crippen LogP contribution in [-0.4, -0.2) is 11.6 Å². The van der Waals surface area contributed by atoms with Crippen LogP contribution in [0.25, 0.3) is 0 Å². The van der Waals surface area contributed by atoms with Gasteiger partial charge in [-0.15, -0.1) is 0 Å². The molecule has 0 spiro atoms. The molecule has 1 aliphatic carbocycles. The van der Waals surface area contributed by atoms with Gasteiger partial charge in [0.2, 0.25) is 0 Å². The van der Waals surface area contributed by atoms with Gasteiger partial charge < -0.3 is 0 Å². The number of hydrogen-bond donors (Lipinski definition) is 0. The highest BCUT2D eigenvalue weighted by Crippen LogP contribution is 2.23. The summed E-state index contributed by atoms with van der Waals surface area (Å²) < 4.78 is 7.80. The van der Waals surface area contributed by atoms with Crippen LogP contribution in [0.2, 0.25) is 0 Å². The maximum Gasteiger partial charge on any atom is 0.173 e. The van der Waals surface area contributed by atoms with E-state index in [1.807, 2.05) is 6.07 Å². The Morgan fingerprint density at radius 1 is 1.27 bits per heavy atom. The van der Waals surface area contributed by atoms with Crippen molar-refractivity contribution in [1.82, 2.24) is 0 Å². The average Bonchev–Trinajstić information content (AvgIpc) is 2.30. The molecule has 0 N–H and O–H groups in total. The topological polar surface area (TPSA) is 34.1 Å². The van der Waals surface area contributed by atoms with E-state index in [2.05, 4.69) is 0 Å². The van der Waals surface area contributed by atoms with Crippen molar-refractivity contribution in [2.75, 3.05) is 0 Å². The first kappa shape index (κ1) is 8.84. The largest absolute Gasteiger partial charge is 0.299 e. The highest BCUT2D eigenvalue weighted by atomic mass is 16.1. The molecule has 1 aromatic rings. The smallest absolute Gasteiger partial charge is 0.173 e. The highest BCUT2D eigenvalue weighted by molar-refractivity contribution is 6.10. The molecule has 2 heteroatoms. The predicted molar refractivity (Wildman–Crippen MR) is 57.7 cm³/mol. The van der Waals surface area contributed by atoms with Crippen molar-refractivity contribution in [1.29, 1.82) is 0 Å². The van der Waals surface area contributed by atoms with Gasteiger partial charge in [-0.05, 0) is 12.8 Å². The van der Waals surface area contributed by atoms with Crippen LogP contribution in [0.15, 0.2) is 30.3 Å². The standard InChI is InChI=1S/C13H14O2/c14-12-9-5-4-8-11(12)13(15)10-6-2-1-3-7-10/h1-3,6-7,11H,4-5,8-9H2/i8D. The van der Waals surface area contributed by atoms with E-state index in [1.165, 1.54) is 0 Å². The van der Waals surface area contributed by atoms with E-state index in [-0.39, 0.29) is 11.6 Å². The van der Waals surface area contributed by atoms with Crippen LogP contribution in [0.5, 0.6) is 0 Å². The lowest BCUT2D eigenvalue weighted by molar-refractivity contribution is -0.122. The van der Waals surface area contributed by atoms with Crippen molar-refractivity contribution in [3.05, 3.63) is 35.9 Å². The number of benzene rings is 1. The molecule has 1 saturated carbocycles. The molecule has 2 nitrogen and oxygen atoms in total. The van der Waals surface area contributed by atoms with E-state index in [4.69, 9.17) is 1.37 Å². The summed E-state index contributed by atoms with van der Waals surface area (Å²) in [4.78, 5) is 23.8. The van der Waals surface area contributed by atoms with Gasteiger partial charge in [-0.2, -0.15) is 0 Å². The first-order valence-corrected chi connectivity index (χ1v) is 5.24. The van der Waals surface area contributed by atoms with Crippen molar-refractivity contribution in [3.63, 3.8) is 0 Å². The molecule has 0 aromatic heterocycles. The number of rotatable bonds is 2.